The molecule has 22 heavy (non-hydrogen) atoms. The zero-order valence-electron chi connectivity index (χ0n) is 11.9. The molecule has 0 N–H and O–H groups in total. The van der Waals surface area contributed by atoms with Gasteiger partial charge in [0, 0.05) is 11.1 Å². The van der Waals surface area contributed by atoms with Gasteiger partial charge in [0.25, 0.3) is 0 Å². The van der Waals surface area contributed by atoms with E-state index in [9.17, 15) is 4.39 Å². The van der Waals surface area contributed by atoms with Crippen LogP contribution in [-0.4, -0.2) is 4.57 Å². The van der Waals surface area contributed by atoms with E-state index in [1.165, 1.54) is 17.5 Å². The van der Waals surface area contributed by atoms with Crippen molar-refractivity contribution in [2.24, 2.45) is 0 Å². The molecule has 0 radical (unpaired) electrons. The van der Waals surface area contributed by atoms with Crippen molar-refractivity contribution < 1.29 is 4.39 Å². The van der Waals surface area contributed by atoms with E-state index in [0.717, 1.165) is 22.5 Å². The number of aromatic nitrogens is 1. The summed E-state index contributed by atoms with van der Waals surface area (Å²) in [6, 6.07) is 27.3. The molecule has 0 aliphatic carbocycles. The lowest BCUT2D eigenvalue weighted by Crippen LogP contribution is -1.96. The van der Waals surface area contributed by atoms with Gasteiger partial charge in [-0.25, -0.2) is 4.39 Å². The third kappa shape index (κ3) is 2.09. The third-order valence-electron chi connectivity index (χ3n) is 3.87. The highest BCUT2D eigenvalue weighted by atomic mass is 19.1. The predicted octanol–water partition coefficient (Wildman–Crippen LogP) is 5.44. The van der Waals surface area contributed by atoms with Gasteiger partial charge in [0.05, 0.1) is 11.2 Å². The summed E-state index contributed by atoms with van der Waals surface area (Å²) >= 11 is 0. The number of nitrogens with zero attached hydrogens (tertiary/aromatic N) is 1. The fourth-order valence-corrected chi connectivity index (χ4v) is 2.84. The lowest BCUT2D eigenvalue weighted by Gasteiger charge is -2.11. The molecule has 0 saturated carbocycles. The van der Waals surface area contributed by atoms with E-state index in [1.807, 2.05) is 42.5 Å². The first-order valence-corrected chi connectivity index (χ1v) is 7.25. The SMILES string of the molecule is Fc1ccc(-n2c(-c3ccccc3)cc3ccccc32)cc1. The van der Waals surface area contributed by atoms with Gasteiger partial charge in [-0.1, -0.05) is 48.5 Å². The van der Waals surface area contributed by atoms with Crippen LogP contribution in [0.1, 0.15) is 0 Å². The Labute approximate surface area is 128 Å². The topological polar surface area (TPSA) is 4.93 Å². The number of benzene rings is 3. The molecule has 0 unspecified atom stereocenters. The van der Waals surface area contributed by atoms with Crippen molar-refractivity contribution >= 4 is 10.9 Å². The van der Waals surface area contributed by atoms with Crippen molar-refractivity contribution in [1.82, 2.24) is 4.57 Å². The van der Waals surface area contributed by atoms with Crippen LogP contribution in [0.25, 0.3) is 27.8 Å². The van der Waals surface area contributed by atoms with Gasteiger partial charge in [0.2, 0.25) is 0 Å². The number of para-hydroxylation sites is 1. The van der Waals surface area contributed by atoms with Gasteiger partial charge in [-0.3, -0.25) is 0 Å². The standard InChI is InChI=1S/C20H14FN/c21-17-10-12-18(13-11-17)22-19-9-5-4-8-16(19)14-20(22)15-6-2-1-3-7-15/h1-14H. The molecule has 4 rings (SSSR count). The van der Waals surface area contributed by atoms with Crippen molar-refractivity contribution in [3.63, 3.8) is 0 Å². The molecule has 0 spiro atoms. The van der Waals surface area contributed by atoms with Crippen LogP contribution in [0.15, 0.2) is 84.9 Å². The normalized spacial score (nSPS) is 11.0. The minimum Gasteiger partial charge on any atom is -0.309 e. The van der Waals surface area contributed by atoms with E-state index in [-0.39, 0.29) is 5.82 Å². The molecule has 0 amide bonds. The number of halogens is 1. The Bertz CT molecular complexity index is 921. The zero-order valence-corrected chi connectivity index (χ0v) is 11.9. The van der Waals surface area contributed by atoms with Crippen LogP contribution in [0.3, 0.4) is 0 Å². The van der Waals surface area contributed by atoms with Crippen LogP contribution in [-0.2, 0) is 0 Å². The van der Waals surface area contributed by atoms with E-state index in [0.29, 0.717) is 0 Å². The van der Waals surface area contributed by atoms with Gasteiger partial charge in [-0.05, 0) is 42.0 Å². The van der Waals surface area contributed by atoms with Gasteiger partial charge in [-0.2, -0.15) is 0 Å². The van der Waals surface area contributed by atoms with E-state index in [2.05, 4.69) is 34.9 Å². The quantitative estimate of drug-likeness (QED) is 0.463. The second-order valence-corrected chi connectivity index (χ2v) is 5.27. The average molecular weight is 287 g/mol. The maximum absolute atomic E-state index is 13.3. The van der Waals surface area contributed by atoms with Crippen LogP contribution in [0, 0.1) is 5.82 Å². The first kappa shape index (κ1) is 12.8. The maximum atomic E-state index is 13.3. The lowest BCUT2D eigenvalue weighted by molar-refractivity contribution is 0.627. The summed E-state index contributed by atoms with van der Waals surface area (Å²) in [4.78, 5) is 0. The smallest absolute Gasteiger partial charge is 0.123 e. The molecular formula is C20H14FN. The summed E-state index contributed by atoms with van der Waals surface area (Å²) in [5.74, 6) is -0.221. The summed E-state index contributed by atoms with van der Waals surface area (Å²) in [5, 5.41) is 1.17. The molecule has 1 heterocycles. The minimum atomic E-state index is -0.221. The van der Waals surface area contributed by atoms with Crippen molar-refractivity contribution in [2.45, 2.75) is 0 Å². The summed E-state index contributed by atoms with van der Waals surface area (Å²) in [7, 11) is 0. The molecule has 1 aromatic heterocycles. The molecule has 0 fully saturated rings. The summed E-state index contributed by atoms with van der Waals surface area (Å²) in [6.07, 6.45) is 0. The fraction of sp³-hybridized carbons (Fsp3) is 0. The van der Waals surface area contributed by atoms with Crippen LogP contribution >= 0.6 is 0 Å². The molecule has 0 aliphatic rings. The van der Waals surface area contributed by atoms with Crippen LogP contribution in [0.5, 0.6) is 0 Å². The zero-order chi connectivity index (χ0) is 14.9. The van der Waals surface area contributed by atoms with Crippen molar-refractivity contribution in [2.75, 3.05) is 0 Å². The molecule has 0 bridgehead atoms. The molecule has 0 saturated heterocycles. The van der Waals surface area contributed by atoms with Gasteiger partial charge in [0.1, 0.15) is 5.82 Å². The monoisotopic (exact) mass is 287 g/mol. The number of fused-ring (bicyclic) bond motifs is 1. The molecule has 3 aromatic carbocycles. The maximum Gasteiger partial charge on any atom is 0.123 e. The molecule has 0 atom stereocenters. The van der Waals surface area contributed by atoms with E-state index >= 15 is 0 Å². The Kier molecular flexibility index (Phi) is 3.01. The van der Waals surface area contributed by atoms with E-state index in [4.69, 9.17) is 0 Å². The second-order valence-electron chi connectivity index (χ2n) is 5.27. The Balaban J connectivity index is 2.04. The molecule has 1 nitrogen and oxygen atoms in total. The number of hydrogen-bond donors (Lipinski definition) is 0. The van der Waals surface area contributed by atoms with Gasteiger partial charge >= 0.3 is 0 Å². The predicted molar refractivity (Wildman–Crippen MR) is 88.7 cm³/mol. The van der Waals surface area contributed by atoms with Gasteiger partial charge in [-0.15, -0.1) is 0 Å². The highest BCUT2D eigenvalue weighted by Crippen LogP contribution is 2.31. The van der Waals surface area contributed by atoms with Gasteiger partial charge in [0.15, 0.2) is 0 Å². The Hall–Kier alpha value is -2.87. The highest BCUT2D eigenvalue weighted by molar-refractivity contribution is 5.89. The third-order valence-corrected chi connectivity index (χ3v) is 3.87. The Morgan fingerprint density at radius 1 is 0.682 bits per heavy atom. The minimum absolute atomic E-state index is 0.221. The molecular weight excluding hydrogens is 273 g/mol. The molecule has 0 aliphatic heterocycles. The average Bonchev–Trinajstić information content (AvgIpc) is 2.96. The molecule has 106 valence electrons. The lowest BCUT2D eigenvalue weighted by atomic mass is 10.1. The first-order chi connectivity index (χ1) is 10.8. The van der Waals surface area contributed by atoms with Gasteiger partial charge < -0.3 is 4.57 Å². The van der Waals surface area contributed by atoms with Crippen molar-refractivity contribution in [1.29, 1.82) is 0 Å². The van der Waals surface area contributed by atoms with Crippen LogP contribution in [0.2, 0.25) is 0 Å². The largest absolute Gasteiger partial charge is 0.309 e. The van der Waals surface area contributed by atoms with Crippen molar-refractivity contribution in [3.8, 4) is 16.9 Å². The number of hydrogen-bond acceptors (Lipinski definition) is 0. The van der Waals surface area contributed by atoms with Crippen molar-refractivity contribution in [3.05, 3.63) is 90.7 Å². The number of rotatable bonds is 2. The highest BCUT2D eigenvalue weighted by Gasteiger charge is 2.11. The Morgan fingerprint density at radius 3 is 2.14 bits per heavy atom. The summed E-state index contributed by atoms with van der Waals surface area (Å²) < 4.78 is 15.4. The van der Waals surface area contributed by atoms with Crippen LogP contribution < -0.4 is 0 Å². The molecule has 2 heteroatoms. The van der Waals surface area contributed by atoms with E-state index in [1.54, 1.807) is 0 Å². The Morgan fingerprint density at radius 2 is 1.36 bits per heavy atom. The summed E-state index contributed by atoms with van der Waals surface area (Å²) in [5.41, 5.74) is 4.32. The molecule has 4 aromatic rings. The summed E-state index contributed by atoms with van der Waals surface area (Å²) in [6.45, 7) is 0. The van der Waals surface area contributed by atoms with E-state index < -0.39 is 0 Å². The second kappa shape index (κ2) is 5.15. The fourth-order valence-electron chi connectivity index (χ4n) is 2.84. The van der Waals surface area contributed by atoms with Crippen LogP contribution in [0.4, 0.5) is 4.39 Å². The first-order valence-electron chi connectivity index (χ1n) is 7.25.